The molecule has 12 heteroatoms. The summed E-state index contributed by atoms with van der Waals surface area (Å²) in [6, 6.07) is -0.831. The lowest BCUT2D eigenvalue weighted by atomic mass is 9.82. The lowest BCUT2D eigenvalue weighted by Gasteiger charge is -2.26. The summed E-state index contributed by atoms with van der Waals surface area (Å²) in [6.45, 7) is 11.4. The summed E-state index contributed by atoms with van der Waals surface area (Å²) >= 11 is 0. The molecule has 0 spiro atoms. The third kappa shape index (κ3) is 14.4. The highest BCUT2D eigenvalue weighted by molar-refractivity contribution is 6.12. The maximum atomic E-state index is 13.3. The number of nitrogens with zero attached hydrogens (tertiary/aromatic N) is 1. The van der Waals surface area contributed by atoms with E-state index in [2.05, 4.69) is 10.6 Å². The number of Topliss-reactive ketones (excluding diaryl/α,β-unsaturated/α-hetero) is 2. The molecule has 0 aromatic carbocycles. The van der Waals surface area contributed by atoms with Gasteiger partial charge in [-0.2, -0.15) is 0 Å². The normalized spacial score (nSPS) is 19.7. The van der Waals surface area contributed by atoms with Gasteiger partial charge in [-0.05, 0) is 78.1 Å². The minimum absolute atomic E-state index is 0.00296. The number of hydrogen-bond acceptors (Lipinski definition) is 9. The standard InChI is InChI=1S/C36H58N4O8/c1-23(2)28(22-27(41)12-8-7-11-19-40-31(43)16-17-32(40)44)30(42)20-24(3)33(45)39-29(35(47)48-36(4,5)6)13-9-10-18-38-34(46)25-14-15-26(37)21-25/h16-17,23-26,28-29H,7-15,18-22,37H2,1-6H3,(H,38,46)(H,39,45)/t24-,25?,26+,28+,29+/m1/s1. The van der Waals surface area contributed by atoms with E-state index in [1.165, 1.54) is 17.1 Å². The van der Waals surface area contributed by atoms with Crippen LogP contribution >= 0.6 is 0 Å². The molecule has 2 rings (SSSR count). The van der Waals surface area contributed by atoms with E-state index in [9.17, 15) is 33.6 Å². The molecule has 12 nitrogen and oxygen atoms in total. The molecule has 0 aromatic rings. The van der Waals surface area contributed by atoms with Crippen molar-refractivity contribution >= 4 is 41.2 Å². The highest BCUT2D eigenvalue weighted by Gasteiger charge is 2.32. The lowest BCUT2D eigenvalue weighted by Crippen LogP contribution is -2.46. The minimum Gasteiger partial charge on any atom is -0.458 e. The van der Waals surface area contributed by atoms with E-state index in [-0.39, 0.29) is 60.0 Å². The second-order valence-corrected chi connectivity index (χ2v) is 14.8. The molecule has 5 atom stereocenters. The first-order valence-corrected chi connectivity index (χ1v) is 17.6. The Hall–Kier alpha value is -3.41. The number of nitrogens with two attached hydrogens (primary N) is 1. The van der Waals surface area contributed by atoms with Crippen LogP contribution in [0.2, 0.25) is 0 Å². The van der Waals surface area contributed by atoms with E-state index in [0.29, 0.717) is 64.5 Å². The largest absolute Gasteiger partial charge is 0.458 e. The van der Waals surface area contributed by atoms with Crippen LogP contribution in [0.1, 0.15) is 119 Å². The minimum atomic E-state index is -0.904. The zero-order valence-electron chi connectivity index (χ0n) is 29.8. The van der Waals surface area contributed by atoms with Gasteiger partial charge in [-0.25, -0.2) is 4.79 Å². The average Bonchev–Trinajstić information content (AvgIpc) is 3.57. The third-order valence-electron chi connectivity index (χ3n) is 8.93. The molecule has 270 valence electrons. The summed E-state index contributed by atoms with van der Waals surface area (Å²) in [6.07, 6.45) is 8.51. The predicted molar refractivity (Wildman–Crippen MR) is 181 cm³/mol. The number of ether oxygens (including phenoxy) is 1. The zero-order chi connectivity index (χ0) is 36.0. The van der Waals surface area contributed by atoms with Crippen molar-refractivity contribution in [2.75, 3.05) is 13.1 Å². The molecule has 1 aliphatic heterocycles. The fourth-order valence-electron chi connectivity index (χ4n) is 6.05. The SMILES string of the molecule is CC(C)[C@H](CC(=O)CCCCCN1C(=O)C=CC1=O)C(=O)C[C@@H](C)C(=O)N[C@@H](CCCCNC(=O)C1CC[C@H](N)C1)C(=O)OC(C)(C)C. The first-order valence-electron chi connectivity index (χ1n) is 17.6. The van der Waals surface area contributed by atoms with E-state index in [4.69, 9.17) is 10.5 Å². The van der Waals surface area contributed by atoms with Crippen molar-refractivity contribution in [3.63, 3.8) is 0 Å². The van der Waals surface area contributed by atoms with Crippen molar-refractivity contribution in [1.82, 2.24) is 15.5 Å². The number of unbranched alkanes of at least 4 members (excludes halogenated alkanes) is 3. The smallest absolute Gasteiger partial charge is 0.329 e. The molecule has 2 aliphatic rings. The molecule has 1 aliphatic carbocycles. The van der Waals surface area contributed by atoms with E-state index < -0.39 is 35.4 Å². The molecule has 0 aromatic heterocycles. The molecule has 1 heterocycles. The Morgan fingerprint density at radius 3 is 2.19 bits per heavy atom. The van der Waals surface area contributed by atoms with Crippen molar-refractivity contribution in [1.29, 1.82) is 0 Å². The number of rotatable bonds is 21. The summed E-state index contributed by atoms with van der Waals surface area (Å²) in [5, 5.41) is 5.73. The second kappa shape index (κ2) is 19.6. The first kappa shape index (κ1) is 40.8. The number of nitrogens with one attached hydrogen (secondary N) is 2. The average molecular weight is 675 g/mol. The first-order chi connectivity index (χ1) is 22.5. The summed E-state index contributed by atoms with van der Waals surface area (Å²) in [7, 11) is 0. The molecule has 4 amide bonds. The van der Waals surface area contributed by atoms with E-state index >= 15 is 0 Å². The van der Waals surface area contributed by atoms with Crippen molar-refractivity contribution in [2.24, 2.45) is 29.4 Å². The van der Waals surface area contributed by atoms with Crippen molar-refractivity contribution in [3.8, 4) is 0 Å². The van der Waals surface area contributed by atoms with Gasteiger partial charge in [0.1, 0.15) is 23.2 Å². The number of amides is 4. The van der Waals surface area contributed by atoms with Gasteiger partial charge in [-0.3, -0.25) is 33.7 Å². The Bertz CT molecular complexity index is 1170. The van der Waals surface area contributed by atoms with Crippen molar-refractivity contribution in [2.45, 2.75) is 136 Å². The van der Waals surface area contributed by atoms with Crippen LogP contribution in [0.5, 0.6) is 0 Å². The number of imide groups is 1. The highest BCUT2D eigenvalue weighted by atomic mass is 16.6. The molecule has 1 unspecified atom stereocenters. The van der Waals surface area contributed by atoms with Gasteiger partial charge in [0.2, 0.25) is 11.8 Å². The van der Waals surface area contributed by atoms with Gasteiger partial charge in [0.05, 0.1) is 0 Å². The van der Waals surface area contributed by atoms with Crippen molar-refractivity contribution in [3.05, 3.63) is 12.2 Å². The van der Waals surface area contributed by atoms with Crippen LogP contribution in [0.4, 0.5) is 0 Å². The van der Waals surface area contributed by atoms with Gasteiger partial charge >= 0.3 is 5.97 Å². The van der Waals surface area contributed by atoms with Crippen LogP contribution in [0, 0.1) is 23.7 Å². The Morgan fingerprint density at radius 2 is 1.60 bits per heavy atom. The lowest BCUT2D eigenvalue weighted by molar-refractivity contribution is -0.159. The number of hydrogen-bond donors (Lipinski definition) is 3. The van der Waals surface area contributed by atoms with Crippen LogP contribution < -0.4 is 16.4 Å². The van der Waals surface area contributed by atoms with Crippen LogP contribution in [-0.4, -0.2) is 76.8 Å². The molecule has 1 fully saturated rings. The number of ketones is 2. The Morgan fingerprint density at radius 1 is 0.938 bits per heavy atom. The van der Waals surface area contributed by atoms with Crippen LogP contribution in [0.25, 0.3) is 0 Å². The van der Waals surface area contributed by atoms with Gasteiger partial charge in [-0.1, -0.05) is 27.2 Å². The van der Waals surface area contributed by atoms with E-state index in [1.54, 1.807) is 27.7 Å². The number of carbonyl (C=O) groups excluding carboxylic acids is 7. The van der Waals surface area contributed by atoms with Crippen LogP contribution in [-0.2, 0) is 38.3 Å². The van der Waals surface area contributed by atoms with Crippen molar-refractivity contribution < 1.29 is 38.3 Å². The molecular weight excluding hydrogens is 616 g/mol. The summed E-state index contributed by atoms with van der Waals surface area (Å²) in [5.41, 5.74) is 5.17. The Kier molecular flexibility index (Phi) is 16.6. The van der Waals surface area contributed by atoms with Gasteiger partial charge in [-0.15, -0.1) is 0 Å². The second-order valence-electron chi connectivity index (χ2n) is 14.8. The van der Waals surface area contributed by atoms with Gasteiger partial charge in [0.25, 0.3) is 11.8 Å². The van der Waals surface area contributed by atoms with Gasteiger partial charge in [0.15, 0.2) is 0 Å². The Labute approximate surface area is 285 Å². The maximum absolute atomic E-state index is 13.3. The van der Waals surface area contributed by atoms with Gasteiger partial charge < -0.3 is 21.1 Å². The predicted octanol–water partition coefficient (Wildman–Crippen LogP) is 3.54. The summed E-state index contributed by atoms with van der Waals surface area (Å²) in [5.74, 6) is -3.25. The summed E-state index contributed by atoms with van der Waals surface area (Å²) in [4.78, 5) is 89.1. The highest BCUT2D eigenvalue weighted by Crippen LogP contribution is 2.25. The fourth-order valence-corrected chi connectivity index (χ4v) is 6.05. The molecule has 0 bridgehead atoms. The number of carbonyl (C=O) groups is 7. The Balaban J connectivity index is 1.82. The summed E-state index contributed by atoms with van der Waals surface area (Å²) < 4.78 is 5.56. The van der Waals surface area contributed by atoms with E-state index in [0.717, 1.165) is 12.8 Å². The molecule has 48 heavy (non-hydrogen) atoms. The van der Waals surface area contributed by atoms with Crippen LogP contribution in [0.15, 0.2) is 12.2 Å². The molecule has 1 saturated carbocycles. The molecule has 4 N–H and O–H groups in total. The van der Waals surface area contributed by atoms with Gasteiger partial charge in [0, 0.05) is 68.3 Å². The monoisotopic (exact) mass is 674 g/mol. The molecule has 0 saturated heterocycles. The molecular formula is C36H58N4O8. The van der Waals surface area contributed by atoms with Crippen LogP contribution in [0.3, 0.4) is 0 Å². The topological polar surface area (TPSA) is 182 Å². The number of esters is 1. The maximum Gasteiger partial charge on any atom is 0.329 e. The quantitative estimate of drug-likeness (QED) is 0.0932. The van der Waals surface area contributed by atoms with E-state index in [1.807, 2.05) is 13.8 Å². The third-order valence-corrected chi connectivity index (χ3v) is 8.93. The zero-order valence-corrected chi connectivity index (χ0v) is 29.8. The molecule has 0 radical (unpaired) electrons. The fraction of sp³-hybridized carbons (Fsp3) is 0.750.